The Morgan fingerprint density at radius 2 is 1.93 bits per heavy atom. The zero-order valence-corrected chi connectivity index (χ0v) is 25.8. The molecule has 242 valence electrons. The molecule has 1 aromatic carbocycles. The zero-order valence-electron chi connectivity index (χ0n) is 25.8. The molecule has 4 aliphatic carbocycles. The molecule has 3 fully saturated rings. The largest absolute Gasteiger partial charge is 0.480 e. The van der Waals surface area contributed by atoms with Crippen molar-refractivity contribution in [3.8, 4) is 0 Å². The molecule has 6 rings (SSSR count). The Labute approximate surface area is 261 Å². The lowest BCUT2D eigenvalue weighted by molar-refractivity contribution is -0.181. The van der Waals surface area contributed by atoms with Crippen molar-refractivity contribution < 1.29 is 39.6 Å². The minimum atomic E-state index is -1.62. The Hall–Kier alpha value is -3.54. The van der Waals surface area contributed by atoms with Crippen LogP contribution < -0.4 is 5.32 Å². The van der Waals surface area contributed by atoms with Gasteiger partial charge in [0.1, 0.15) is 18.2 Å². The van der Waals surface area contributed by atoms with Crippen LogP contribution >= 0.6 is 0 Å². The van der Waals surface area contributed by atoms with Crippen LogP contribution in [0.3, 0.4) is 0 Å². The molecule has 4 aliphatic rings. The molecule has 11 nitrogen and oxygen atoms in total. The van der Waals surface area contributed by atoms with Crippen molar-refractivity contribution in [1.82, 2.24) is 10.3 Å². The van der Waals surface area contributed by atoms with E-state index < -0.39 is 54.0 Å². The monoisotopic (exact) mass is 621 g/mol. The summed E-state index contributed by atoms with van der Waals surface area (Å²) in [5, 5.41) is 49.9. The summed E-state index contributed by atoms with van der Waals surface area (Å²) in [6.45, 7) is 2.98. The predicted octanol–water partition coefficient (Wildman–Crippen LogP) is 2.88. The lowest BCUT2D eigenvalue weighted by atomic mass is 9.45. The number of carbonyl (C=O) groups is 3. The van der Waals surface area contributed by atoms with Gasteiger partial charge in [0.2, 0.25) is 0 Å². The first-order chi connectivity index (χ1) is 21.4. The number of H-pyrrole nitrogens is 1. The number of para-hydroxylation sites is 1. The van der Waals surface area contributed by atoms with Gasteiger partial charge < -0.3 is 35.6 Å². The number of aromatic amines is 1. The molecule has 0 radical (unpaired) electrons. The number of Topliss-reactive ketones (excluding diaryl/α,β-unsaturated/α-hetero) is 1. The number of carbonyl (C=O) groups excluding carboxylic acids is 2. The lowest BCUT2D eigenvalue weighted by Crippen LogP contribution is -2.62. The maximum atomic E-state index is 12.6. The van der Waals surface area contributed by atoms with Gasteiger partial charge in [-0.25, -0.2) is 4.79 Å². The van der Waals surface area contributed by atoms with Crippen molar-refractivity contribution in [2.24, 2.45) is 33.7 Å². The Bertz CT molecular complexity index is 1570. The van der Waals surface area contributed by atoms with E-state index in [4.69, 9.17) is 4.84 Å². The number of carboxylic acids is 1. The quantitative estimate of drug-likeness (QED) is 0.231. The number of rotatable bonds is 9. The molecule has 1 heterocycles. The highest BCUT2D eigenvalue weighted by molar-refractivity contribution is 5.96. The maximum Gasteiger partial charge on any atom is 0.326 e. The van der Waals surface area contributed by atoms with Gasteiger partial charge >= 0.3 is 5.97 Å². The third-order valence-electron chi connectivity index (χ3n) is 11.8. The third kappa shape index (κ3) is 5.18. The molecular formula is C34H43N3O8. The van der Waals surface area contributed by atoms with E-state index in [9.17, 15) is 34.8 Å². The molecule has 11 heteroatoms. The van der Waals surface area contributed by atoms with E-state index in [0.29, 0.717) is 31.4 Å². The summed E-state index contributed by atoms with van der Waals surface area (Å²) in [5.74, 6) is -2.08. The van der Waals surface area contributed by atoms with E-state index in [0.717, 1.165) is 35.7 Å². The van der Waals surface area contributed by atoms with E-state index in [-0.39, 0.29) is 29.6 Å². The summed E-state index contributed by atoms with van der Waals surface area (Å²) in [5.41, 5.74) is 0.877. The molecule has 5 unspecified atom stereocenters. The number of ketones is 1. The Morgan fingerprint density at radius 3 is 2.69 bits per heavy atom. The number of hydrogen-bond donors (Lipinski definition) is 6. The van der Waals surface area contributed by atoms with Crippen LogP contribution in [0.2, 0.25) is 0 Å². The molecule has 6 N–H and O–H groups in total. The van der Waals surface area contributed by atoms with Gasteiger partial charge in [0.25, 0.3) is 5.91 Å². The Morgan fingerprint density at radius 1 is 1.16 bits per heavy atom. The fraction of sp³-hybridized carbons (Fsp3) is 0.588. The maximum absolute atomic E-state index is 12.6. The fourth-order valence-electron chi connectivity index (χ4n) is 9.49. The van der Waals surface area contributed by atoms with Gasteiger partial charge in [-0.15, -0.1) is 0 Å². The average Bonchev–Trinajstić information content (AvgIpc) is 3.54. The normalized spacial score (nSPS) is 35.6. The highest BCUT2D eigenvalue weighted by atomic mass is 16.6. The summed E-state index contributed by atoms with van der Waals surface area (Å²) >= 11 is 0. The van der Waals surface area contributed by atoms with Gasteiger partial charge in [-0.05, 0) is 85.8 Å². The summed E-state index contributed by atoms with van der Waals surface area (Å²) in [4.78, 5) is 45.7. The predicted molar refractivity (Wildman–Crippen MR) is 165 cm³/mol. The Balaban J connectivity index is 1.09. The van der Waals surface area contributed by atoms with E-state index in [2.05, 4.69) is 22.4 Å². The van der Waals surface area contributed by atoms with Gasteiger partial charge in [0.15, 0.2) is 12.4 Å². The third-order valence-corrected chi connectivity index (χ3v) is 11.8. The molecule has 45 heavy (non-hydrogen) atoms. The number of fused-ring (bicyclic) bond motifs is 6. The molecule has 3 saturated carbocycles. The van der Waals surface area contributed by atoms with Crippen LogP contribution in [0.1, 0.15) is 64.4 Å². The number of hydrogen-bond acceptors (Lipinski definition) is 8. The lowest BCUT2D eigenvalue weighted by Gasteiger charge is -2.60. The topological polar surface area (TPSA) is 182 Å². The van der Waals surface area contributed by atoms with Gasteiger partial charge in [-0.1, -0.05) is 42.8 Å². The molecule has 0 saturated heterocycles. The van der Waals surface area contributed by atoms with Crippen molar-refractivity contribution in [3.05, 3.63) is 47.7 Å². The first kappa shape index (κ1) is 31.4. The number of nitrogens with one attached hydrogen (secondary N) is 2. The molecule has 0 bridgehead atoms. The molecule has 0 spiro atoms. The smallest absolute Gasteiger partial charge is 0.326 e. The first-order valence-electron chi connectivity index (χ1n) is 15.9. The van der Waals surface area contributed by atoms with Gasteiger partial charge in [0, 0.05) is 28.9 Å². The number of aliphatic carboxylic acids is 1. The fourth-order valence-corrected chi connectivity index (χ4v) is 9.49. The van der Waals surface area contributed by atoms with E-state index in [1.54, 1.807) is 6.20 Å². The number of aliphatic hydroxyl groups is 3. The van der Waals surface area contributed by atoms with Crippen LogP contribution in [-0.2, 0) is 25.6 Å². The number of carboxylic acid groups (broad SMARTS) is 1. The number of allylic oxidation sites excluding steroid dienone is 2. The summed E-state index contributed by atoms with van der Waals surface area (Å²) in [6, 6.07) is 6.45. The second-order valence-electron chi connectivity index (χ2n) is 14.0. The Kier molecular flexibility index (Phi) is 8.16. The molecular weight excluding hydrogens is 578 g/mol. The van der Waals surface area contributed by atoms with E-state index in [1.807, 2.05) is 37.3 Å². The number of benzene rings is 1. The number of aromatic nitrogens is 1. The number of amides is 1. The summed E-state index contributed by atoms with van der Waals surface area (Å²) < 4.78 is 0. The van der Waals surface area contributed by atoms with Gasteiger partial charge in [-0.2, -0.15) is 0 Å². The molecule has 1 amide bonds. The van der Waals surface area contributed by atoms with E-state index in [1.165, 1.54) is 5.57 Å². The van der Waals surface area contributed by atoms with Crippen molar-refractivity contribution in [2.75, 3.05) is 13.2 Å². The highest BCUT2D eigenvalue weighted by Crippen LogP contribution is 2.67. The minimum absolute atomic E-state index is 0.0273. The van der Waals surface area contributed by atoms with Crippen molar-refractivity contribution in [3.63, 3.8) is 0 Å². The number of nitrogens with zero attached hydrogens (tertiary/aromatic N) is 1. The van der Waals surface area contributed by atoms with Crippen LogP contribution in [0.5, 0.6) is 0 Å². The molecule has 0 aliphatic heterocycles. The van der Waals surface area contributed by atoms with Crippen LogP contribution in [0.25, 0.3) is 10.9 Å². The SMILES string of the molecule is C[C@]12CC/C(=N\OCC(=O)NC(Cc3c[nH]c4ccccc34)C(=O)O)C=C1CCC1C2C(O)C[C@@]2(C)C1CC[C@]2(O)C(=O)CO. The summed E-state index contributed by atoms with van der Waals surface area (Å²) in [6.07, 6.45) is 7.41. The standard InChI is InChI=1S/C34H43N3O8/c1-32-11-9-21(37-45-18-29(41)36-26(31(42)43)13-19-16-35-25-6-4-3-5-22(19)25)14-20(32)7-8-23-24-10-12-34(44,28(40)17-38)33(24,2)15-27(39)30(23)32/h3-6,14,16,23-24,26-27,30,35,38-39,44H,7-13,15,17-18H2,1-2H3,(H,36,41)(H,42,43)/b37-21+/t23?,24?,26?,27?,30?,32-,33-,34-/m0/s1. The summed E-state index contributed by atoms with van der Waals surface area (Å²) in [7, 11) is 0. The highest BCUT2D eigenvalue weighted by Gasteiger charge is 2.68. The zero-order chi connectivity index (χ0) is 32.1. The average molecular weight is 622 g/mol. The molecule has 8 atom stereocenters. The van der Waals surface area contributed by atoms with Crippen molar-refractivity contribution in [1.29, 1.82) is 0 Å². The van der Waals surface area contributed by atoms with Gasteiger partial charge in [-0.3, -0.25) is 9.59 Å². The number of aliphatic hydroxyl groups excluding tert-OH is 2. The van der Waals surface area contributed by atoms with Gasteiger partial charge in [0.05, 0.1) is 11.8 Å². The van der Waals surface area contributed by atoms with Crippen molar-refractivity contribution in [2.45, 2.75) is 83.0 Å². The molecule has 1 aromatic heterocycles. The van der Waals surface area contributed by atoms with Crippen molar-refractivity contribution >= 4 is 34.3 Å². The second kappa shape index (κ2) is 11.7. The van der Waals surface area contributed by atoms with E-state index >= 15 is 0 Å². The number of oxime groups is 1. The van der Waals surface area contributed by atoms with Crippen LogP contribution in [0, 0.1) is 28.6 Å². The van der Waals surface area contributed by atoms with Crippen LogP contribution in [0.4, 0.5) is 0 Å². The molecule has 2 aromatic rings. The minimum Gasteiger partial charge on any atom is -0.480 e. The first-order valence-corrected chi connectivity index (χ1v) is 15.9. The van der Waals surface area contributed by atoms with Crippen LogP contribution in [0.15, 0.2) is 47.3 Å². The second-order valence-corrected chi connectivity index (χ2v) is 14.0. The van der Waals surface area contributed by atoms with Crippen LogP contribution in [-0.4, -0.2) is 79.7 Å².